The van der Waals surface area contributed by atoms with Gasteiger partial charge >= 0.3 is 6.09 Å². The summed E-state index contributed by atoms with van der Waals surface area (Å²) in [4.78, 5) is 58.7. The van der Waals surface area contributed by atoms with Crippen molar-refractivity contribution in [3.05, 3.63) is 35.5 Å². The maximum atomic E-state index is 12.3. The Morgan fingerprint density at radius 2 is 2.06 bits per heavy atom. The Balaban J connectivity index is 1.71. The molecule has 0 saturated heterocycles. The third-order valence-electron chi connectivity index (χ3n) is 5.27. The Kier molecular flexibility index (Phi) is 12.1. The van der Waals surface area contributed by atoms with Crippen LogP contribution in [0.4, 0.5) is 10.5 Å². The Labute approximate surface area is 210 Å². The monoisotopic (exact) mass is 526 g/mol. The molecule has 2 rings (SSSR count). The summed E-state index contributed by atoms with van der Waals surface area (Å²) in [5.74, 6) is -1.84. The molecule has 0 aliphatic rings. The smallest absolute Gasteiger partial charge is 0.409 e. The number of anilines is 1. The molecule has 12 heteroatoms. The molecule has 0 bridgehead atoms. The van der Waals surface area contributed by atoms with E-state index in [1.165, 1.54) is 0 Å². The normalized spacial score (nSPS) is 12.7. The van der Waals surface area contributed by atoms with Gasteiger partial charge in [0.2, 0.25) is 5.91 Å². The average Bonchev–Trinajstić information content (AvgIpc) is 2.82. The molecule has 1 aromatic carbocycles. The molecule has 1 heterocycles. The number of carbonyl (C=O) groups is 3. The van der Waals surface area contributed by atoms with Gasteiger partial charge < -0.3 is 34.9 Å². The molecule has 192 valence electrons. The number of pyridine rings is 1. The molecule has 1 aromatic heterocycles. The van der Waals surface area contributed by atoms with Crippen LogP contribution in [0.1, 0.15) is 39.5 Å². The molecule has 0 spiro atoms. The molecule has 0 radical (unpaired) electrons. The molecular weight excluding hydrogens is 495 g/mol. The summed E-state index contributed by atoms with van der Waals surface area (Å²) in [6, 6.07) is 7.69. The number of ether oxygens (including phenoxy) is 1. The van der Waals surface area contributed by atoms with Crippen LogP contribution in [-0.4, -0.2) is 69.5 Å². The van der Waals surface area contributed by atoms with E-state index in [2.05, 4.69) is 22.5 Å². The number of halogens is 1. The number of nitrogens with one attached hydrogen (secondary N) is 2. The Morgan fingerprint density at radius 1 is 1.29 bits per heavy atom. The minimum Gasteiger partial charge on any atom is -0.449 e. The maximum Gasteiger partial charge on any atom is 0.409 e. The SMILES string of the molecule is CCN(CCCC(C)Nc1ccnc2cc(Cl)ccc12)C(=O)OCCCC(=O)NC(C=O)P(O)O. The Hall–Kier alpha value is -2.52. The summed E-state index contributed by atoms with van der Waals surface area (Å²) in [5.41, 5.74) is 1.80. The molecule has 2 aromatic rings. The van der Waals surface area contributed by atoms with Crippen LogP contribution >= 0.6 is 20.0 Å². The van der Waals surface area contributed by atoms with Crippen LogP contribution < -0.4 is 10.6 Å². The molecular formula is C23H32ClN4O6P. The van der Waals surface area contributed by atoms with Gasteiger partial charge in [0.15, 0.2) is 20.4 Å². The number of aldehydes is 1. The van der Waals surface area contributed by atoms with E-state index < -0.39 is 26.2 Å². The van der Waals surface area contributed by atoms with Gasteiger partial charge in [-0.25, -0.2) is 4.79 Å². The highest BCUT2D eigenvalue weighted by Crippen LogP contribution is 2.27. The summed E-state index contributed by atoms with van der Waals surface area (Å²) in [5, 5.41) is 7.34. The van der Waals surface area contributed by atoms with Crippen LogP contribution in [0.2, 0.25) is 5.02 Å². The molecule has 0 fully saturated rings. The number of hydrogen-bond acceptors (Lipinski definition) is 8. The van der Waals surface area contributed by atoms with Crippen molar-refractivity contribution in [3.63, 3.8) is 0 Å². The number of amides is 2. The highest BCUT2D eigenvalue weighted by atomic mass is 35.5. The first-order chi connectivity index (χ1) is 16.7. The lowest BCUT2D eigenvalue weighted by Crippen LogP contribution is -2.35. The summed E-state index contributed by atoms with van der Waals surface area (Å²) >= 11 is 6.05. The predicted molar refractivity (Wildman–Crippen MR) is 136 cm³/mol. The van der Waals surface area contributed by atoms with Gasteiger partial charge in [-0.1, -0.05) is 11.6 Å². The number of benzene rings is 1. The van der Waals surface area contributed by atoms with Gasteiger partial charge in [-0.3, -0.25) is 9.78 Å². The lowest BCUT2D eigenvalue weighted by Gasteiger charge is -2.22. The van der Waals surface area contributed by atoms with E-state index in [0.29, 0.717) is 18.1 Å². The molecule has 10 nitrogen and oxygen atoms in total. The van der Waals surface area contributed by atoms with E-state index >= 15 is 0 Å². The third-order valence-corrected chi connectivity index (χ3v) is 6.26. The van der Waals surface area contributed by atoms with E-state index in [1.807, 2.05) is 31.2 Å². The number of aromatic nitrogens is 1. The molecule has 2 amide bonds. The first kappa shape index (κ1) is 28.7. The highest BCUT2D eigenvalue weighted by Gasteiger charge is 2.19. The summed E-state index contributed by atoms with van der Waals surface area (Å²) in [7, 11) is -2.58. The minimum absolute atomic E-state index is 0.00794. The molecule has 2 unspecified atom stereocenters. The number of carbonyl (C=O) groups excluding carboxylic acids is 3. The minimum atomic E-state index is -2.58. The van der Waals surface area contributed by atoms with Crippen molar-refractivity contribution in [2.24, 2.45) is 0 Å². The number of hydrogen-bond donors (Lipinski definition) is 4. The van der Waals surface area contributed by atoms with Gasteiger partial charge in [0.1, 0.15) is 0 Å². The Bertz CT molecular complexity index is 996. The van der Waals surface area contributed by atoms with Crippen molar-refractivity contribution in [1.29, 1.82) is 0 Å². The first-order valence-electron chi connectivity index (χ1n) is 11.4. The van der Waals surface area contributed by atoms with E-state index in [-0.39, 0.29) is 31.8 Å². The van der Waals surface area contributed by atoms with Crippen LogP contribution in [0, 0.1) is 0 Å². The molecule has 0 aliphatic carbocycles. The van der Waals surface area contributed by atoms with E-state index in [9.17, 15) is 14.4 Å². The standard InChI is InChI=1S/C23H32ClN4O6P/c1-3-28(23(31)34-13-5-7-21(30)27-22(15-29)35(32)33)12-4-6-16(2)26-19-10-11-25-20-14-17(24)8-9-18(19)20/h8-11,14-16,22,32-33H,3-7,12-13H2,1-2H3,(H,25,26)(H,27,30). The quantitative estimate of drug-likeness (QED) is 0.166. The van der Waals surface area contributed by atoms with Crippen LogP contribution in [0.3, 0.4) is 0 Å². The fraction of sp³-hybridized carbons (Fsp3) is 0.478. The van der Waals surface area contributed by atoms with Gasteiger partial charge in [-0.2, -0.15) is 0 Å². The van der Waals surface area contributed by atoms with Crippen molar-refractivity contribution in [2.45, 2.75) is 51.4 Å². The second-order valence-corrected chi connectivity index (χ2v) is 9.61. The van der Waals surface area contributed by atoms with Crippen molar-refractivity contribution in [3.8, 4) is 0 Å². The maximum absolute atomic E-state index is 12.3. The van der Waals surface area contributed by atoms with Gasteiger partial charge in [0.05, 0.1) is 12.1 Å². The first-order valence-corrected chi connectivity index (χ1v) is 13.1. The fourth-order valence-corrected chi connectivity index (χ4v) is 3.95. The Morgan fingerprint density at radius 3 is 2.74 bits per heavy atom. The summed E-state index contributed by atoms with van der Waals surface area (Å²) < 4.78 is 5.24. The molecule has 2 atom stereocenters. The molecule has 4 N–H and O–H groups in total. The predicted octanol–water partition coefficient (Wildman–Crippen LogP) is 3.65. The topological polar surface area (TPSA) is 141 Å². The van der Waals surface area contributed by atoms with E-state index in [1.54, 1.807) is 11.1 Å². The van der Waals surface area contributed by atoms with Crippen molar-refractivity contribution < 1.29 is 28.9 Å². The van der Waals surface area contributed by atoms with Gasteiger partial charge in [-0.05, 0) is 57.4 Å². The highest BCUT2D eigenvalue weighted by molar-refractivity contribution is 7.47. The van der Waals surface area contributed by atoms with Crippen molar-refractivity contribution in [1.82, 2.24) is 15.2 Å². The zero-order valence-electron chi connectivity index (χ0n) is 19.8. The number of rotatable bonds is 14. The lowest BCUT2D eigenvalue weighted by atomic mass is 10.1. The van der Waals surface area contributed by atoms with Crippen molar-refractivity contribution in [2.75, 3.05) is 25.0 Å². The van der Waals surface area contributed by atoms with Gasteiger partial charge in [0, 0.05) is 47.8 Å². The van der Waals surface area contributed by atoms with Crippen LogP contribution in [0.25, 0.3) is 10.9 Å². The molecule has 0 aliphatic heterocycles. The second kappa shape index (κ2) is 14.8. The van der Waals surface area contributed by atoms with E-state index in [4.69, 9.17) is 26.1 Å². The van der Waals surface area contributed by atoms with Crippen molar-refractivity contribution >= 4 is 54.9 Å². The largest absolute Gasteiger partial charge is 0.449 e. The number of fused-ring (bicyclic) bond motifs is 1. The summed E-state index contributed by atoms with van der Waals surface area (Å²) in [6.45, 7) is 5.01. The molecule has 0 saturated carbocycles. The fourth-order valence-electron chi connectivity index (χ4n) is 3.42. The number of nitrogens with zero attached hydrogens (tertiary/aromatic N) is 2. The molecule has 35 heavy (non-hydrogen) atoms. The summed E-state index contributed by atoms with van der Waals surface area (Å²) in [6.07, 6.45) is 3.40. The van der Waals surface area contributed by atoms with E-state index in [0.717, 1.165) is 29.4 Å². The van der Waals surface area contributed by atoms with Crippen LogP contribution in [0.5, 0.6) is 0 Å². The zero-order chi connectivity index (χ0) is 25.8. The van der Waals surface area contributed by atoms with Crippen LogP contribution in [-0.2, 0) is 14.3 Å². The lowest BCUT2D eigenvalue weighted by molar-refractivity contribution is -0.123. The van der Waals surface area contributed by atoms with Crippen LogP contribution in [0.15, 0.2) is 30.5 Å². The second-order valence-electron chi connectivity index (χ2n) is 7.97. The zero-order valence-corrected chi connectivity index (χ0v) is 21.5. The third kappa shape index (κ3) is 9.57. The van der Waals surface area contributed by atoms with Gasteiger partial charge in [-0.15, -0.1) is 0 Å². The average molecular weight is 527 g/mol. The van der Waals surface area contributed by atoms with Gasteiger partial charge in [0.25, 0.3) is 0 Å².